The molecule has 2 aromatic rings. The van der Waals surface area contributed by atoms with Gasteiger partial charge in [-0.2, -0.15) is 10.1 Å². The first-order valence-corrected chi connectivity index (χ1v) is 9.43. The van der Waals surface area contributed by atoms with E-state index in [-0.39, 0.29) is 18.3 Å². The summed E-state index contributed by atoms with van der Waals surface area (Å²) in [4.78, 5) is 11.7. The maximum Gasteiger partial charge on any atom is 0.259 e. The smallest absolute Gasteiger partial charge is 0.259 e. The van der Waals surface area contributed by atoms with E-state index in [0.717, 1.165) is 4.47 Å². The molecule has 4 nitrogen and oxygen atoms in total. The van der Waals surface area contributed by atoms with Crippen LogP contribution in [0.2, 0.25) is 0 Å². The molecule has 1 aliphatic rings. The maximum absolute atomic E-state index is 13.7. The van der Waals surface area contributed by atoms with Gasteiger partial charge in [0, 0.05) is 15.6 Å². The normalized spacial score (nSPS) is 14.6. The summed E-state index contributed by atoms with van der Waals surface area (Å²) in [7, 11) is 0. The third kappa shape index (κ3) is 4.45. The molecule has 0 radical (unpaired) electrons. The van der Waals surface area contributed by atoms with Crippen molar-refractivity contribution in [1.82, 2.24) is 5.01 Å². The number of rotatable bonds is 5. The molecule has 1 fully saturated rings. The number of nitrogens with zero attached hydrogens (tertiary/aromatic N) is 2. The Kier molecular flexibility index (Phi) is 5.82. The van der Waals surface area contributed by atoms with Crippen molar-refractivity contribution in [2.75, 3.05) is 5.75 Å². The molecular weight excluding hydrogens is 427 g/mol. The molecule has 2 aromatic carbocycles. The van der Waals surface area contributed by atoms with Gasteiger partial charge in [0.1, 0.15) is 18.2 Å². The lowest BCUT2D eigenvalue weighted by Gasteiger charge is -2.11. The number of ether oxygens (including phenoxy) is 1. The molecule has 25 heavy (non-hydrogen) atoms. The summed E-state index contributed by atoms with van der Waals surface area (Å²) in [6.07, 6.45) is 1.51. The van der Waals surface area contributed by atoms with Crippen LogP contribution in [0.15, 0.2) is 52.0 Å². The molecule has 0 N–H and O–H groups in total. The Morgan fingerprint density at radius 3 is 2.88 bits per heavy atom. The fourth-order valence-corrected chi connectivity index (χ4v) is 3.45. The van der Waals surface area contributed by atoms with Gasteiger partial charge in [0.15, 0.2) is 4.32 Å². The van der Waals surface area contributed by atoms with E-state index in [0.29, 0.717) is 26.9 Å². The van der Waals surface area contributed by atoms with Crippen molar-refractivity contribution in [3.8, 4) is 5.75 Å². The number of hydrogen-bond acceptors (Lipinski definition) is 5. The highest BCUT2D eigenvalue weighted by atomic mass is 79.9. The summed E-state index contributed by atoms with van der Waals surface area (Å²) >= 11 is 9.76. The minimum absolute atomic E-state index is 0.0893. The molecule has 8 heteroatoms. The van der Waals surface area contributed by atoms with Gasteiger partial charge in [-0.05, 0) is 24.3 Å². The zero-order valence-corrected chi connectivity index (χ0v) is 16.0. The van der Waals surface area contributed by atoms with Gasteiger partial charge in [-0.15, -0.1) is 0 Å². The lowest BCUT2D eigenvalue weighted by atomic mass is 10.2. The zero-order chi connectivity index (χ0) is 17.8. The number of amides is 1. The Morgan fingerprint density at radius 1 is 1.36 bits per heavy atom. The van der Waals surface area contributed by atoms with Crippen molar-refractivity contribution in [2.45, 2.75) is 6.61 Å². The molecule has 3 rings (SSSR count). The van der Waals surface area contributed by atoms with Crippen LogP contribution >= 0.6 is 39.9 Å². The Morgan fingerprint density at radius 2 is 2.16 bits per heavy atom. The second kappa shape index (κ2) is 8.07. The van der Waals surface area contributed by atoms with Crippen molar-refractivity contribution in [2.24, 2.45) is 5.10 Å². The van der Waals surface area contributed by atoms with Gasteiger partial charge >= 0.3 is 0 Å². The highest BCUT2D eigenvalue weighted by Gasteiger charge is 2.26. The fraction of sp³-hybridized carbons (Fsp3) is 0.118. The van der Waals surface area contributed by atoms with Crippen molar-refractivity contribution < 1.29 is 13.9 Å². The van der Waals surface area contributed by atoms with E-state index in [9.17, 15) is 9.18 Å². The van der Waals surface area contributed by atoms with E-state index in [2.05, 4.69) is 21.0 Å². The van der Waals surface area contributed by atoms with Gasteiger partial charge in [0.05, 0.1) is 12.0 Å². The van der Waals surface area contributed by atoms with Crippen molar-refractivity contribution in [3.63, 3.8) is 0 Å². The highest BCUT2D eigenvalue weighted by Crippen LogP contribution is 2.24. The van der Waals surface area contributed by atoms with E-state index in [1.807, 2.05) is 6.07 Å². The number of carbonyl (C=O) groups is 1. The van der Waals surface area contributed by atoms with Crippen molar-refractivity contribution in [1.29, 1.82) is 0 Å². The Balaban J connectivity index is 1.80. The van der Waals surface area contributed by atoms with Gasteiger partial charge in [0.2, 0.25) is 0 Å². The number of benzene rings is 2. The first-order valence-electron chi connectivity index (χ1n) is 7.24. The number of hydrogen-bond donors (Lipinski definition) is 0. The van der Waals surface area contributed by atoms with Crippen LogP contribution in [0.3, 0.4) is 0 Å². The van der Waals surface area contributed by atoms with Gasteiger partial charge in [-0.25, -0.2) is 4.39 Å². The molecular formula is C17H12BrFN2O2S2. The maximum atomic E-state index is 13.7. The lowest BCUT2D eigenvalue weighted by Crippen LogP contribution is -2.22. The molecule has 0 atom stereocenters. The second-order valence-electron chi connectivity index (χ2n) is 5.07. The third-order valence-electron chi connectivity index (χ3n) is 3.35. The Labute approximate surface area is 162 Å². The summed E-state index contributed by atoms with van der Waals surface area (Å²) in [6, 6.07) is 11.8. The number of halogens is 2. The van der Waals surface area contributed by atoms with Gasteiger partial charge in [-0.1, -0.05) is 58.1 Å². The first-order chi connectivity index (χ1) is 12.0. The van der Waals surface area contributed by atoms with Crippen LogP contribution in [0.5, 0.6) is 5.75 Å². The topological polar surface area (TPSA) is 41.9 Å². The van der Waals surface area contributed by atoms with Crippen LogP contribution in [0.25, 0.3) is 0 Å². The molecule has 0 aromatic heterocycles. The summed E-state index contributed by atoms with van der Waals surface area (Å²) < 4.78 is 20.7. The predicted molar refractivity (Wildman–Crippen MR) is 104 cm³/mol. The first kappa shape index (κ1) is 18.0. The van der Waals surface area contributed by atoms with Crippen LogP contribution in [-0.2, 0) is 11.4 Å². The van der Waals surface area contributed by atoms with E-state index < -0.39 is 0 Å². The molecule has 1 saturated heterocycles. The second-order valence-corrected chi connectivity index (χ2v) is 7.59. The quantitative estimate of drug-likeness (QED) is 0.513. The summed E-state index contributed by atoms with van der Waals surface area (Å²) in [6.45, 7) is 0.0893. The molecule has 0 bridgehead atoms. The highest BCUT2D eigenvalue weighted by molar-refractivity contribution is 9.10. The van der Waals surface area contributed by atoms with Crippen LogP contribution in [0.1, 0.15) is 11.1 Å². The average molecular weight is 439 g/mol. The van der Waals surface area contributed by atoms with Crippen LogP contribution in [0, 0.1) is 5.82 Å². The molecule has 1 heterocycles. The van der Waals surface area contributed by atoms with Crippen LogP contribution in [-0.4, -0.2) is 27.2 Å². The molecule has 0 unspecified atom stereocenters. The number of thiocarbonyl (C=S) groups is 1. The van der Waals surface area contributed by atoms with E-state index in [1.54, 1.807) is 30.3 Å². The lowest BCUT2D eigenvalue weighted by molar-refractivity contribution is -0.123. The van der Waals surface area contributed by atoms with Gasteiger partial charge < -0.3 is 4.74 Å². The number of thioether (sulfide) groups is 1. The molecule has 0 spiro atoms. The molecule has 0 aliphatic carbocycles. The number of carbonyl (C=O) groups excluding carboxylic acids is 1. The Bertz CT molecular complexity index is 844. The average Bonchev–Trinajstić information content (AvgIpc) is 2.91. The van der Waals surface area contributed by atoms with E-state index >= 15 is 0 Å². The summed E-state index contributed by atoms with van der Waals surface area (Å²) in [5.74, 6) is 0.348. The summed E-state index contributed by atoms with van der Waals surface area (Å²) in [5.41, 5.74) is 1.11. The van der Waals surface area contributed by atoms with Gasteiger partial charge in [-0.3, -0.25) is 4.79 Å². The zero-order valence-electron chi connectivity index (χ0n) is 12.8. The predicted octanol–water partition coefficient (Wildman–Crippen LogP) is 4.36. The molecule has 0 saturated carbocycles. The molecule has 1 amide bonds. The third-order valence-corrected chi connectivity index (χ3v) is 5.18. The minimum Gasteiger partial charge on any atom is -0.488 e. The van der Waals surface area contributed by atoms with Crippen LogP contribution < -0.4 is 4.74 Å². The van der Waals surface area contributed by atoms with Crippen LogP contribution in [0.4, 0.5) is 4.39 Å². The SMILES string of the molecule is O=C1CSC(=S)N1/N=C\c1cc(Br)ccc1OCc1ccccc1F. The van der Waals surface area contributed by atoms with Gasteiger partial charge in [0.25, 0.3) is 5.91 Å². The minimum atomic E-state index is -0.320. The van der Waals surface area contributed by atoms with E-state index in [1.165, 1.54) is 29.1 Å². The monoisotopic (exact) mass is 438 g/mol. The van der Waals surface area contributed by atoms with Crippen molar-refractivity contribution in [3.05, 3.63) is 63.9 Å². The molecule has 128 valence electrons. The molecule has 1 aliphatic heterocycles. The largest absolute Gasteiger partial charge is 0.488 e. The standard InChI is InChI=1S/C17H12BrFN2O2S2/c18-13-5-6-15(23-9-11-3-1-2-4-14(11)19)12(7-13)8-20-21-16(22)10-25-17(21)24/h1-8H,9-10H2/b20-8-. The number of hydrazone groups is 1. The summed E-state index contributed by atoms with van der Waals surface area (Å²) in [5, 5.41) is 5.35. The fourth-order valence-electron chi connectivity index (χ4n) is 2.10. The van der Waals surface area contributed by atoms with Crippen molar-refractivity contribution >= 4 is 56.4 Å². The Hall–Kier alpha value is -1.77. The van der Waals surface area contributed by atoms with E-state index in [4.69, 9.17) is 17.0 Å².